The molecule has 0 aliphatic carbocycles. The fourth-order valence-corrected chi connectivity index (χ4v) is 2.30. The summed E-state index contributed by atoms with van der Waals surface area (Å²) in [5.41, 5.74) is 0. The van der Waals surface area contributed by atoms with Gasteiger partial charge in [0.25, 0.3) is 0 Å². The van der Waals surface area contributed by atoms with Gasteiger partial charge < -0.3 is 10.2 Å². The normalized spacial score (nSPS) is 26.1. The zero-order valence-electron chi connectivity index (χ0n) is 10.1. The smallest absolute Gasteiger partial charge is 0.321 e. The van der Waals surface area contributed by atoms with Crippen LogP contribution in [0.1, 0.15) is 45.4 Å². The van der Waals surface area contributed by atoms with Crippen molar-refractivity contribution in [2.24, 2.45) is 0 Å². The van der Waals surface area contributed by atoms with Crippen LogP contribution in [-0.2, 0) is 4.79 Å². The molecule has 0 spiro atoms. The van der Waals surface area contributed by atoms with Gasteiger partial charge in [-0.1, -0.05) is 32.6 Å². The van der Waals surface area contributed by atoms with Gasteiger partial charge in [0.1, 0.15) is 6.04 Å². The van der Waals surface area contributed by atoms with E-state index < -0.39 is 18.1 Å². The average molecular weight is 229 g/mol. The number of hydrogen-bond donors (Lipinski definition) is 2. The zero-order chi connectivity index (χ0) is 12.0. The first-order valence-electron chi connectivity index (χ1n) is 6.30. The van der Waals surface area contributed by atoms with E-state index in [4.69, 9.17) is 5.11 Å². The molecule has 1 aliphatic heterocycles. The molecular formula is C12H23NO3. The Hall–Kier alpha value is -0.610. The number of likely N-dealkylation sites (tertiary alicyclic amines) is 1. The maximum absolute atomic E-state index is 10.9. The summed E-state index contributed by atoms with van der Waals surface area (Å²) >= 11 is 0. The molecule has 1 rings (SSSR count). The maximum atomic E-state index is 10.9. The van der Waals surface area contributed by atoms with Crippen molar-refractivity contribution in [2.75, 3.05) is 13.1 Å². The second-order valence-electron chi connectivity index (χ2n) is 4.65. The minimum absolute atomic E-state index is 0.379. The molecule has 4 heteroatoms. The minimum Gasteiger partial charge on any atom is -0.480 e. The fourth-order valence-electron chi connectivity index (χ4n) is 2.30. The van der Waals surface area contributed by atoms with Crippen LogP contribution >= 0.6 is 0 Å². The molecule has 0 aromatic rings. The highest BCUT2D eigenvalue weighted by Gasteiger charge is 2.35. The summed E-state index contributed by atoms with van der Waals surface area (Å²) in [5.74, 6) is -0.801. The summed E-state index contributed by atoms with van der Waals surface area (Å²) in [5, 5.41) is 18.4. The van der Waals surface area contributed by atoms with E-state index in [0.29, 0.717) is 13.0 Å². The molecule has 0 aromatic heterocycles. The van der Waals surface area contributed by atoms with Gasteiger partial charge in [0.2, 0.25) is 0 Å². The molecule has 94 valence electrons. The van der Waals surface area contributed by atoms with Gasteiger partial charge in [-0.25, -0.2) is 0 Å². The predicted molar refractivity (Wildman–Crippen MR) is 62.4 cm³/mol. The number of aliphatic hydroxyl groups excluding tert-OH is 1. The lowest BCUT2D eigenvalue weighted by molar-refractivity contribution is -0.142. The quantitative estimate of drug-likeness (QED) is 0.649. The Morgan fingerprint density at radius 3 is 2.62 bits per heavy atom. The Labute approximate surface area is 97.3 Å². The number of hydrogen-bond acceptors (Lipinski definition) is 3. The third-order valence-corrected chi connectivity index (χ3v) is 3.22. The van der Waals surface area contributed by atoms with Crippen LogP contribution in [0.25, 0.3) is 0 Å². The highest BCUT2D eigenvalue weighted by atomic mass is 16.4. The SMILES string of the molecule is CCCCCCCN1C[C@H](O)C[C@H]1C(=O)O. The molecule has 0 radical (unpaired) electrons. The van der Waals surface area contributed by atoms with Gasteiger partial charge in [-0.15, -0.1) is 0 Å². The third-order valence-electron chi connectivity index (χ3n) is 3.22. The first-order chi connectivity index (χ1) is 7.65. The average Bonchev–Trinajstić information content (AvgIpc) is 2.59. The van der Waals surface area contributed by atoms with Crippen molar-refractivity contribution < 1.29 is 15.0 Å². The van der Waals surface area contributed by atoms with E-state index in [0.717, 1.165) is 19.4 Å². The molecule has 1 aliphatic rings. The molecule has 0 saturated carbocycles. The van der Waals surface area contributed by atoms with Crippen LogP contribution in [0.2, 0.25) is 0 Å². The van der Waals surface area contributed by atoms with Crippen LogP contribution < -0.4 is 0 Å². The summed E-state index contributed by atoms with van der Waals surface area (Å²) in [4.78, 5) is 12.8. The lowest BCUT2D eigenvalue weighted by atomic mass is 10.1. The van der Waals surface area contributed by atoms with Crippen molar-refractivity contribution in [1.29, 1.82) is 0 Å². The van der Waals surface area contributed by atoms with E-state index in [-0.39, 0.29) is 0 Å². The highest BCUT2D eigenvalue weighted by molar-refractivity contribution is 5.74. The summed E-state index contributed by atoms with van der Waals surface area (Å²) in [6, 6.07) is -0.471. The van der Waals surface area contributed by atoms with Crippen LogP contribution in [0.4, 0.5) is 0 Å². The van der Waals surface area contributed by atoms with Crippen LogP contribution in [0.5, 0.6) is 0 Å². The Morgan fingerprint density at radius 1 is 1.31 bits per heavy atom. The Bertz CT molecular complexity index is 220. The Morgan fingerprint density at radius 2 is 2.00 bits per heavy atom. The van der Waals surface area contributed by atoms with E-state index >= 15 is 0 Å². The van der Waals surface area contributed by atoms with Crippen molar-refractivity contribution >= 4 is 5.97 Å². The first kappa shape index (κ1) is 13.5. The van der Waals surface area contributed by atoms with Crippen molar-refractivity contribution in [1.82, 2.24) is 4.90 Å². The van der Waals surface area contributed by atoms with Crippen LogP contribution in [0, 0.1) is 0 Å². The Balaban J connectivity index is 2.21. The van der Waals surface area contributed by atoms with E-state index in [9.17, 15) is 9.90 Å². The highest BCUT2D eigenvalue weighted by Crippen LogP contribution is 2.19. The van der Waals surface area contributed by atoms with Gasteiger partial charge in [-0.2, -0.15) is 0 Å². The molecule has 1 saturated heterocycles. The van der Waals surface area contributed by atoms with Crippen molar-refractivity contribution in [3.8, 4) is 0 Å². The number of nitrogens with zero attached hydrogens (tertiary/aromatic N) is 1. The second-order valence-corrected chi connectivity index (χ2v) is 4.65. The molecule has 1 fully saturated rings. The third kappa shape index (κ3) is 4.10. The standard InChI is InChI=1S/C12H23NO3/c1-2-3-4-5-6-7-13-9-10(14)8-11(13)12(15)16/h10-11,14H,2-9H2,1H3,(H,15,16)/t10-,11+/m1/s1. The maximum Gasteiger partial charge on any atom is 0.321 e. The minimum atomic E-state index is -0.801. The summed E-state index contributed by atoms with van der Waals surface area (Å²) < 4.78 is 0. The first-order valence-corrected chi connectivity index (χ1v) is 6.30. The molecule has 0 amide bonds. The molecule has 0 bridgehead atoms. The molecule has 1 heterocycles. The van der Waals surface area contributed by atoms with E-state index in [2.05, 4.69) is 6.92 Å². The number of carboxylic acids is 1. The van der Waals surface area contributed by atoms with Crippen molar-refractivity contribution in [3.05, 3.63) is 0 Å². The van der Waals surface area contributed by atoms with Gasteiger partial charge in [0, 0.05) is 13.0 Å². The van der Waals surface area contributed by atoms with Gasteiger partial charge >= 0.3 is 5.97 Å². The molecule has 16 heavy (non-hydrogen) atoms. The van der Waals surface area contributed by atoms with Crippen LogP contribution in [-0.4, -0.2) is 46.3 Å². The monoisotopic (exact) mass is 229 g/mol. The number of aliphatic hydroxyl groups is 1. The summed E-state index contributed by atoms with van der Waals surface area (Å²) in [7, 11) is 0. The van der Waals surface area contributed by atoms with E-state index in [1.165, 1.54) is 19.3 Å². The lowest BCUT2D eigenvalue weighted by Gasteiger charge is -2.20. The molecular weight excluding hydrogens is 206 g/mol. The van der Waals surface area contributed by atoms with E-state index in [1.807, 2.05) is 4.90 Å². The summed E-state index contributed by atoms with van der Waals surface area (Å²) in [6.45, 7) is 3.50. The Kier molecular flexibility index (Phi) is 5.77. The number of carboxylic acid groups (broad SMARTS) is 1. The molecule has 4 nitrogen and oxygen atoms in total. The molecule has 0 aromatic carbocycles. The van der Waals surface area contributed by atoms with Crippen molar-refractivity contribution in [2.45, 2.75) is 57.6 Å². The fraction of sp³-hybridized carbons (Fsp3) is 0.917. The predicted octanol–water partition coefficient (Wildman–Crippen LogP) is 1.48. The number of rotatable bonds is 7. The molecule has 0 unspecified atom stereocenters. The largest absolute Gasteiger partial charge is 0.480 e. The van der Waals surface area contributed by atoms with Gasteiger partial charge in [-0.05, 0) is 13.0 Å². The van der Waals surface area contributed by atoms with Gasteiger partial charge in [0.05, 0.1) is 6.10 Å². The molecule has 2 N–H and O–H groups in total. The zero-order valence-corrected chi connectivity index (χ0v) is 10.1. The molecule has 2 atom stereocenters. The number of β-amino-alcohol motifs (C(OH)–C–C–N with tert-alkyl or cyclic N) is 1. The summed E-state index contributed by atoms with van der Waals surface area (Å²) in [6.07, 6.45) is 5.82. The van der Waals surface area contributed by atoms with E-state index in [1.54, 1.807) is 0 Å². The number of carbonyl (C=O) groups is 1. The van der Waals surface area contributed by atoms with Crippen LogP contribution in [0.15, 0.2) is 0 Å². The number of aliphatic carboxylic acids is 1. The topological polar surface area (TPSA) is 60.8 Å². The van der Waals surface area contributed by atoms with Gasteiger partial charge in [-0.3, -0.25) is 9.69 Å². The number of unbranched alkanes of at least 4 members (excludes halogenated alkanes) is 4. The van der Waals surface area contributed by atoms with Crippen LogP contribution in [0.3, 0.4) is 0 Å². The van der Waals surface area contributed by atoms with Gasteiger partial charge in [0.15, 0.2) is 0 Å². The van der Waals surface area contributed by atoms with Crippen molar-refractivity contribution in [3.63, 3.8) is 0 Å². The second kappa shape index (κ2) is 6.86. The lowest BCUT2D eigenvalue weighted by Crippen LogP contribution is -2.36.